The van der Waals surface area contributed by atoms with Gasteiger partial charge in [0.2, 0.25) is 11.8 Å². The molecule has 4 heteroatoms. The van der Waals surface area contributed by atoms with Gasteiger partial charge in [0.15, 0.2) is 0 Å². The maximum absolute atomic E-state index is 13.1. The first-order valence-electron chi connectivity index (χ1n) is 9.13. The smallest absolute Gasteiger partial charge is 0.233 e. The van der Waals surface area contributed by atoms with Gasteiger partial charge in [-0.3, -0.25) is 14.5 Å². The van der Waals surface area contributed by atoms with Gasteiger partial charge in [0, 0.05) is 24.3 Å². The zero-order chi connectivity index (χ0) is 16.7. The van der Waals surface area contributed by atoms with Crippen LogP contribution in [0.1, 0.15) is 50.5 Å². The van der Waals surface area contributed by atoms with Gasteiger partial charge in [-0.25, -0.2) is 0 Å². The molecule has 2 aliphatic carbocycles. The molecule has 0 N–H and O–H groups in total. The van der Waals surface area contributed by atoms with E-state index < -0.39 is 0 Å². The van der Waals surface area contributed by atoms with Crippen molar-refractivity contribution in [2.45, 2.75) is 50.4 Å². The SMILES string of the molecule is COc1cccc([C@@]23CCCC[C@@H]2C(=O)N(CC2CC2)C(=O)C3)c1. The van der Waals surface area contributed by atoms with Crippen molar-refractivity contribution >= 4 is 11.8 Å². The Hall–Kier alpha value is -1.84. The van der Waals surface area contributed by atoms with Crippen molar-refractivity contribution in [2.75, 3.05) is 13.7 Å². The number of hydrogen-bond acceptors (Lipinski definition) is 3. The van der Waals surface area contributed by atoms with E-state index in [1.807, 2.05) is 18.2 Å². The highest BCUT2D eigenvalue weighted by Crippen LogP contribution is 2.50. The number of carbonyl (C=O) groups excluding carboxylic acids is 2. The standard InChI is InChI=1S/C20H25NO3/c1-24-16-6-4-5-15(11-16)20-10-3-2-7-17(20)19(23)21(18(22)12-20)13-14-8-9-14/h4-6,11,14,17H,2-3,7-10,12-13H2,1H3/t17-,20+/m1/s1. The number of methoxy groups -OCH3 is 1. The molecule has 3 fully saturated rings. The molecule has 1 aromatic carbocycles. The summed E-state index contributed by atoms with van der Waals surface area (Å²) in [6, 6.07) is 7.98. The summed E-state index contributed by atoms with van der Waals surface area (Å²) >= 11 is 0. The molecule has 0 spiro atoms. The van der Waals surface area contributed by atoms with Crippen LogP contribution >= 0.6 is 0 Å². The predicted octanol–water partition coefficient (Wildman–Crippen LogP) is 3.29. The lowest BCUT2D eigenvalue weighted by molar-refractivity contribution is -0.158. The second kappa shape index (κ2) is 5.91. The second-order valence-corrected chi connectivity index (χ2v) is 7.65. The fourth-order valence-electron chi connectivity index (χ4n) is 4.62. The largest absolute Gasteiger partial charge is 0.497 e. The Bertz CT molecular complexity index is 667. The van der Waals surface area contributed by atoms with Gasteiger partial charge in [-0.2, -0.15) is 0 Å². The third-order valence-corrected chi connectivity index (χ3v) is 6.15. The molecule has 128 valence electrons. The van der Waals surface area contributed by atoms with Gasteiger partial charge >= 0.3 is 0 Å². The van der Waals surface area contributed by atoms with Crippen molar-refractivity contribution in [2.24, 2.45) is 11.8 Å². The van der Waals surface area contributed by atoms with Crippen LogP contribution in [0.2, 0.25) is 0 Å². The van der Waals surface area contributed by atoms with Gasteiger partial charge in [0.05, 0.1) is 7.11 Å². The Labute approximate surface area is 143 Å². The van der Waals surface area contributed by atoms with Crippen LogP contribution in [0.25, 0.3) is 0 Å². The van der Waals surface area contributed by atoms with E-state index in [0.717, 1.165) is 49.8 Å². The van der Waals surface area contributed by atoms with Gasteiger partial charge in [-0.1, -0.05) is 25.0 Å². The first-order valence-corrected chi connectivity index (χ1v) is 9.13. The van der Waals surface area contributed by atoms with Crippen LogP contribution in [0.4, 0.5) is 0 Å². The summed E-state index contributed by atoms with van der Waals surface area (Å²) in [5, 5.41) is 0. The second-order valence-electron chi connectivity index (χ2n) is 7.65. The van der Waals surface area contributed by atoms with Crippen molar-refractivity contribution < 1.29 is 14.3 Å². The molecule has 0 unspecified atom stereocenters. The quantitative estimate of drug-likeness (QED) is 0.797. The first kappa shape index (κ1) is 15.7. The van der Waals surface area contributed by atoms with Crippen molar-refractivity contribution in [1.29, 1.82) is 0 Å². The predicted molar refractivity (Wildman–Crippen MR) is 90.7 cm³/mol. The minimum absolute atomic E-state index is 0.0212. The summed E-state index contributed by atoms with van der Waals surface area (Å²) in [5.41, 5.74) is 0.764. The Kier molecular flexibility index (Phi) is 3.86. The average molecular weight is 327 g/mol. The number of carbonyl (C=O) groups is 2. The molecule has 1 heterocycles. The number of amides is 2. The molecule has 4 nitrogen and oxygen atoms in total. The Morgan fingerprint density at radius 3 is 2.79 bits per heavy atom. The number of nitrogens with zero attached hydrogens (tertiary/aromatic N) is 1. The Morgan fingerprint density at radius 2 is 2.04 bits per heavy atom. The van der Waals surface area contributed by atoms with E-state index in [0.29, 0.717) is 18.9 Å². The molecule has 0 radical (unpaired) electrons. The lowest BCUT2D eigenvalue weighted by atomic mass is 9.58. The van der Waals surface area contributed by atoms with Crippen LogP contribution in [-0.4, -0.2) is 30.4 Å². The van der Waals surface area contributed by atoms with Crippen molar-refractivity contribution in [3.63, 3.8) is 0 Å². The molecule has 1 saturated heterocycles. The highest BCUT2D eigenvalue weighted by Gasteiger charge is 2.53. The number of likely N-dealkylation sites (tertiary alicyclic amines) is 1. The number of benzene rings is 1. The molecule has 2 atom stereocenters. The van der Waals surface area contributed by atoms with E-state index in [2.05, 4.69) is 6.07 Å². The molecule has 24 heavy (non-hydrogen) atoms. The molecular formula is C20H25NO3. The van der Waals surface area contributed by atoms with Gasteiger partial charge in [-0.05, 0) is 49.3 Å². The zero-order valence-corrected chi connectivity index (χ0v) is 14.3. The van der Waals surface area contributed by atoms with E-state index in [1.54, 1.807) is 12.0 Å². The van der Waals surface area contributed by atoms with Crippen LogP contribution in [0.15, 0.2) is 24.3 Å². The number of piperidine rings is 1. The van der Waals surface area contributed by atoms with Crippen LogP contribution in [0.3, 0.4) is 0 Å². The van der Waals surface area contributed by atoms with E-state index in [-0.39, 0.29) is 23.1 Å². The monoisotopic (exact) mass is 327 g/mol. The number of rotatable bonds is 4. The summed E-state index contributed by atoms with van der Waals surface area (Å²) in [5.74, 6) is 1.38. The normalized spacial score (nSPS) is 30.2. The van der Waals surface area contributed by atoms with Gasteiger partial charge in [0.1, 0.15) is 5.75 Å². The van der Waals surface area contributed by atoms with Crippen molar-refractivity contribution in [3.8, 4) is 5.75 Å². The van der Waals surface area contributed by atoms with E-state index in [1.165, 1.54) is 0 Å². The van der Waals surface area contributed by atoms with Crippen LogP contribution < -0.4 is 4.74 Å². The minimum Gasteiger partial charge on any atom is -0.497 e. The zero-order valence-electron chi connectivity index (χ0n) is 14.3. The average Bonchev–Trinajstić information content (AvgIpc) is 3.43. The molecule has 2 saturated carbocycles. The minimum atomic E-state index is -0.332. The number of fused-ring (bicyclic) bond motifs is 1. The van der Waals surface area contributed by atoms with Crippen LogP contribution in [-0.2, 0) is 15.0 Å². The fraction of sp³-hybridized carbons (Fsp3) is 0.600. The van der Waals surface area contributed by atoms with Crippen molar-refractivity contribution in [1.82, 2.24) is 4.90 Å². The number of hydrogen-bond donors (Lipinski definition) is 0. The Morgan fingerprint density at radius 1 is 1.21 bits per heavy atom. The summed E-state index contributed by atoms with van der Waals surface area (Å²) in [6.45, 7) is 0.641. The summed E-state index contributed by atoms with van der Waals surface area (Å²) in [4.78, 5) is 27.5. The third kappa shape index (κ3) is 2.52. The molecule has 2 amide bonds. The number of ether oxygens (including phenoxy) is 1. The van der Waals surface area contributed by atoms with Gasteiger partial charge in [-0.15, -0.1) is 0 Å². The summed E-state index contributed by atoms with van der Waals surface area (Å²) in [7, 11) is 1.66. The molecular weight excluding hydrogens is 302 g/mol. The number of imide groups is 1. The maximum atomic E-state index is 13.1. The lowest BCUT2D eigenvalue weighted by Crippen LogP contribution is -2.57. The molecule has 4 rings (SSSR count). The highest BCUT2D eigenvalue weighted by atomic mass is 16.5. The van der Waals surface area contributed by atoms with Crippen molar-refractivity contribution in [3.05, 3.63) is 29.8 Å². The molecule has 3 aliphatic rings. The molecule has 1 aromatic rings. The Balaban J connectivity index is 1.71. The van der Waals surface area contributed by atoms with Crippen LogP contribution in [0.5, 0.6) is 5.75 Å². The van der Waals surface area contributed by atoms with Gasteiger partial charge < -0.3 is 4.74 Å². The fourth-order valence-corrected chi connectivity index (χ4v) is 4.62. The molecule has 1 aliphatic heterocycles. The lowest BCUT2D eigenvalue weighted by Gasteiger charge is -2.49. The topological polar surface area (TPSA) is 46.6 Å². The first-order chi connectivity index (χ1) is 11.6. The summed E-state index contributed by atoms with van der Waals surface area (Å²) < 4.78 is 5.38. The summed E-state index contributed by atoms with van der Waals surface area (Å²) in [6.07, 6.45) is 6.74. The maximum Gasteiger partial charge on any atom is 0.233 e. The third-order valence-electron chi connectivity index (χ3n) is 6.15. The van der Waals surface area contributed by atoms with E-state index >= 15 is 0 Å². The van der Waals surface area contributed by atoms with E-state index in [9.17, 15) is 9.59 Å². The molecule has 0 aromatic heterocycles. The molecule has 0 bridgehead atoms. The van der Waals surface area contributed by atoms with Gasteiger partial charge in [0.25, 0.3) is 0 Å². The van der Waals surface area contributed by atoms with E-state index in [4.69, 9.17) is 4.74 Å². The highest BCUT2D eigenvalue weighted by molar-refractivity contribution is 6.01. The van der Waals surface area contributed by atoms with Crippen LogP contribution in [0, 0.1) is 11.8 Å².